The van der Waals surface area contributed by atoms with Gasteiger partial charge in [-0.1, -0.05) is 19.9 Å². The molecular formula is C31H46O3. The van der Waals surface area contributed by atoms with Crippen LogP contribution in [0.2, 0.25) is 0 Å². The Balaban J connectivity index is 1.23. The van der Waals surface area contributed by atoms with Crippen molar-refractivity contribution < 1.29 is 14.3 Å². The number of hydrogen-bond donors (Lipinski definition) is 0. The highest BCUT2D eigenvalue weighted by Gasteiger charge is 2.60. The van der Waals surface area contributed by atoms with Crippen molar-refractivity contribution in [3.05, 3.63) is 23.8 Å². The van der Waals surface area contributed by atoms with Crippen molar-refractivity contribution in [1.82, 2.24) is 0 Å². The lowest BCUT2D eigenvalue weighted by molar-refractivity contribution is -0.135. The Morgan fingerprint density at radius 3 is 2.38 bits per heavy atom. The molecule has 4 aliphatic rings. The minimum absolute atomic E-state index is 0.285. The third-order valence-electron chi connectivity index (χ3n) is 11.6. The maximum Gasteiger partial charge on any atom is 0.160 e. The third kappa shape index (κ3) is 3.90. The molecule has 34 heavy (non-hydrogen) atoms. The van der Waals surface area contributed by atoms with Gasteiger partial charge in [-0.25, -0.2) is 0 Å². The van der Waals surface area contributed by atoms with E-state index in [1.807, 2.05) is 13.0 Å². The summed E-state index contributed by atoms with van der Waals surface area (Å²) >= 11 is 0. The smallest absolute Gasteiger partial charge is 0.160 e. The molecular weight excluding hydrogens is 420 g/mol. The number of ketones is 1. The summed E-state index contributed by atoms with van der Waals surface area (Å²) in [6.45, 7) is 7.00. The fourth-order valence-corrected chi connectivity index (χ4v) is 9.68. The van der Waals surface area contributed by atoms with Gasteiger partial charge in [-0.15, -0.1) is 0 Å². The number of rotatable bonds is 6. The highest BCUT2D eigenvalue weighted by atomic mass is 16.5. The van der Waals surface area contributed by atoms with E-state index in [0.29, 0.717) is 17.1 Å². The fraction of sp³-hybridized carbons (Fsp3) is 0.774. The first kappa shape index (κ1) is 24.2. The zero-order valence-corrected chi connectivity index (χ0v) is 22.2. The molecule has 0 aromatic heterocycles. The summed E-state index contributed by atoms with van der Waals surface area (Å²) in [5.74, 6) is 6.75. The lowest BCUT2D eigenvalue weighted by Crippen LogP contribution is -2.53. The van der Waals surface area contributed by atoms with Crippen LogP contribution in [0.5, 0.6) is 11.5 Å². The van der Waals surface area contributed by atoms with Crippen molar-refractivity contribution in [3.63, 3.8) is 0 Å². The quantitative estimate of drug-likeness (QED) is 0.435. The van der Waals surface area contributed by atoms with Crippen LogP contribution < -0.4 is 9.47 Å². The SMILES string of the molecule is COc1ccc(CC[C@H]2CC[C@@]3(C)[C@H](CC[C@@H]4[C@@H]3CC[C@]3(C)[C@@H](C(C)=O)CC[C@@H]43)C2)cc1OC. The second-order valence-corrected chi connectivity index (χ2v) is 12.8. The molecule has 0 heterocycles. The first-order valence-corrected chi connectivity index (χ1v) is 14.0. The molecule has 0 amide bonds. The van der Waals surface area contributed by atoms with Crippen molar-refractivity contribution in [1.29, 1.82) is 0 Å². The van der Waals surface area contributed by atoms with Crippen molar-refractivity contribution in [2.45, 2.75) is 91.4 Å². The number of carbonyl (C=O) groups is 1. The molecule has 8 atom stereocenters. The molecule has 0 spiro atoms. The second-order valence-electron chi connectivity index (χ2n) is 12.8. The van der Waals surface area contributed by atoms with E-state index in [4.69, 9.17) is 9.47 Å². The van der Waals surface area contributed by atoms with E-state index >= 15 is 0 Å². The molecule has 5 rings (SSSR count). The summed E-state index contributed by atoms with van der Waals surface area (Å²) < 4.78 is 10.9. The number of aryl methyl sites for hydroxylation is 1. The predicted molar refractivity (Wildman–Crippen MR) is 137 cm³/mol. The zero-order valence-electron chi connectivity index (χ0n) is 22.2. The Labute approximate surface area is 207 Å². The zero-order chi connectivity index (χ0) is 24.1. The summed E-state index contributed by atoms with van der Waals surface area (Å²) in [4.78, 5) is 12.4. The number of carbonyl (C=O) groups excluding carboxylic acids is 1. The van der Waals surface area contributed by atoms with Gasteiger partial charge in [0.1, 0.15) is 5.78 Å². The van der Waals surface area contributed by atoms with Gasteiger partial charge in [-0.2, -0.15) is 0 Å². The van der Waals surface area contributed by atoms with Crippen LogP contribution in [0, 0.1) is 46.3 Å². The summed E-state index contributed by atoms with van der Waals surface area (Å²) in [6, 6.07) is 6.41. The highest BCUT2D eigenvalue weighted by Crippen LogP contribution is 2.68. The van der Waals surface area contributed by atoms with E-state index in [-0.39, 0.29) is 5.41 Å². The van der Waals surface area contributed by atoms with Gasteiger partial charge in [0.15, 0.2) is 11.5 Å². The molecule has 0 aliphatic heterocycles. The Kier molecular flexibility index (Phi) is 6.53. The van der Waals surface area contributed by atoms with Gasteiger partial charge < -0.3 is 9.47 Å². The maximum atomic E-state index is 12.4. The van der Waals surface area contributed by atoms with E-state index in [1.54, 1.807) is 14.2 Å². The predicted octanol–water partition coefficient (Wildman–Crippen LogP) is 7.50. The molecule has 0 radical (unpaired) electrons. The average Bonchev–Trinajstić information content (AvgIpc) is 3.20. The van der Waals surface area contributed by atoms with Crippen LogP contribution in [0.1, 0.15) is 90.5 Å². The Hall–Kier alpha value is -1.51. The number of fused-ring (bicyclic) bond motifs is 5. The van der Waals surface area contributed by atoms with Gasteiger partial charge in [0.05, 0.1) is 14.2 Å². The molecule has 4 fully saturated rings. The van der Waals surface area contributed by atoms with Gasteiger partial charge in [0, 0.05) is 5.92 Å². The van der Waals surface area contributed by atoms with Crippen LogP contribution in [0.15, 0.2) is 18.2 Å². The first-order valence-electron chi connectivity index (χ1n) is 14.0. The van der Waals surface area contributed by atoms with Gasteiger partial charge in [-0.05, 0) is 136 Å². The summed E-state index contributed by atoms with van der Waals surface area (Å²) in [5.41, 5.74) is 2.17. The molecule has 188 valence electrons. The number of hydrogen-bond acceptors (Lipinski definition) is 3. The van der Waals surface area contributed by atoms with Crippen molar-refractivity contribution in [3.8, 4) is 11.5 Å². The largest absolute Gasteiger partial charge is 0.493 e. The first-order chi connectivity index (χ1) is 16.3. The van der Waals surface area contributed by atoms with Crippen molar-refractivity contribution in [2.24, 2.45) is 46.3 Å². The minimum Gasteiger partial charge on any atom is -0.493 e. The van der Waals surface area contributed by atoms with E-state index in [0.717, 1.165) is 53.9 Å². The number of methoxy groups -OCH3 is 2. The normalized spacial score (nSPS) is 41.2. The Bertz CT molecular complexity index is 908. The van der Waals surface area contributed by atoms with Crippen LogP contribution in [-0.2, 0) is 11.2 Å². The molecule has 1 aromatic rings. The molecule has 0 bridgehead atoms. The maximum absolute atomic E-state index is 12.4. The van der Waals surface area contributed by atoms with Crippen LogP contribution in [-0.4, -0.2) is 20.0 Å². The van der Waals surface area contributed by atoms with E-state index in [1.165, 1.54) is 63.4 Å². The fourth-order valence-electron chi connectivity index (χ4n) is 9.68. The number of benzene rings is 1. The van der Waals surface area contributed by atoms with E-state index in [2.05, 4.69) is 26.0 Å². The molecule has 0 unspecified atom stereocenters. The Morgan fingerprint density at radius 1 is 0.912 bits per heavy atom. The summed E-state index contributed by atoms with van der Waals surface area (Å²) in [7, 11) is 3.42. The van der Waals surface area contributed by atoms with Crippen molar-refractivity contribution >= 4 is 5.78 Å². The topological polar surface area (TPSA) is 35.5 Å². The second kappa shape index (κ2) is 9.17. The standard InChI is InChI=1S/C31H46O3/c1-20(32)25-11-12-26-24-10-9-23-18-22(7-6-21-8-13-28(33-4)29(19-21)34-5)14-16-30(23,2)27(24)15-17-31(25,26)3/h8,13,19,22-27H,6-7,9-12,14-18H2,1-5H3/t22-,23+,24-,25+,26-,27-,30-,31+/m0/s1. The molecule has 3 heteroatoms. The molecule has 4 saturated carbocycles. The third-order valence-corrected chi connectivity index (χ3v) is 11.6. The molecule has 3 nitrogen and oxygen atoms in total. The van der Waals surface area contributed by atoms with E-state index < -0.39 is 0 Å². The minimum atomic E-state index is 0.285. The Morgan fingerprint density at radius 2 is 1.65 bits per heavy atom. The molecule has 1 aromatic carbocycles. The van der Waals surface area contributed by atoms with Crippen LogP contribution in [0.3, 0.4) is 0 Å². The summed E-state index contributed by atoms with van der Waals surface area (Å²) in [5, 5.41) is 0. The van der Waals surface area contributed by atoms with Gasteiger partial charge >= 0.3 is 0 Å². The van der Waals surface area contributed by atoms with Crippen molar-refractivity contribution in [2.75, 3.05) is 14.2 Å². The lowest BCUT2D eigenvalue weighted by Gasteiger charge is -2.61. The average molecular weight is 467 g/mol. The van der Waals surface area contributed by atoms with E-state index in [9.17, 15) is 4.79 Å². The molecule has 0 N–H and O–H groups in total. The highest BCUT2D eigenvalue weighted by molar-refractivity contribution is 5.79. The van der Waals surface area contributed by atoms with Gasteiger partial charge in [0.2, 0.25) is 0 Å². The number of ether oxygens (including phenoxy) is 2. The van der Waals surface area contributed by atoms with Gasteiger partial charge in [0.25, 0.3) is 0 Å². The van der Waals surface area contributed by atoms with Crippen LogP contribution >= 0.6 is 0 Å². The lowest BCUT2D eigenvalue weighted by atomic mass is 9.44. The molecule has 0 saturated heterocycles. The van der Waals surface area contributed by atoms with Gasteiger partial charge in [-0.3, -0.25) is 4.79 Å². The van der Waals surface area contributed by atoms with Crippen LogP contribution in [0.4, 0.5) is 0 Å². The van der Waals surface area contributed by atoms with Crippen LogP contribution in [0.25, 0.3) is 0 Å². The summed E-state index contributed by atoms with van der Waals surface area (Å²) in [6.07, 6.45) is 14.6. The monoisotopic (exact) mass is 466 g/mol. The number of Topliss-reactive ketones (excluding diaryl/α,β-unsaturated/α-hetero) is 1. The molecule has 4 aliphatic carbocycles.